The van der Waals surface area contributed by atoms with Crippen LogP contribution in [0.1, 0.15) is 26.7 Å². The van der Waals surface area contributed by atoms with Crippen molar-refractivity contribution in [1.82, 2.24) is 0 Å². The Bertz CT molecular complexity index is 626. The number of aliphatic hydroxyl groups excluding tert-OH is 3. The Kier molecular flexibility index (Phi) is 3.11. The fourth-order valence-electron chi connectivity index (χ4n) is 6.55. The molecule has 6 unspecified atom stereocenters. The predicted molar refractivity (Wildman–Crippen MR) is 79.8 cm³/mol. The largest absolute Gasteiger partial charge is 0.461 e. The van der Waals surface area contributed by atoms with Gasteiger partial charge in [-0.05, 0) is 18.8 Å². The van der Waals surface area contributed by atoms with E-state index in [1.807, 2.05) is 13.8 Å². The van der Waals surface area contributed by atoms with Crippen LogP contribution >= 0.6 is 0 Å². The van der Waals surface area contributed by atoms with Gasteiger partial charge in [0.25, 0.3) is 0 Å². The van der Waals surface area contributed by atoms with Gasteiger partial charge in [0.1, 0.15) is 12.7 Å². The Balaban J connectivity index is 1.75. The fraction of sp³-hybridized carbons (Fsp3) is 0.941. The zero-order chi connectivity index (χ0) is 17.8. The van der Waals surface area contributed by atoms with Crippen molar-refractivity contribution in [3.8, 4) is 0 Å². The Hall–Kier alpha value is -0.770. The third-order valence-electron chi connectivity index (χ3n) is 7.57. The molecule has 5 aliphatic rings. The third kappa shape index (κ3) is 1.55. The number of aliphatic hydroxyl groups is 3. The molecular formula is C17H24O8. The molecule has 8 nitrogen and oxygen atoms in total. The minimum absolute atomic E-state index is 0.0849. The molecule has 8 heteroatoms. The van der Waals surface area contributed by atoms with Gasteiger partial charge in [0, 0.05) is 17.9 Å². The second kappa shape index (κ2) is 4.74. The first-order valence-electron chi connectivity index (χ1n) is 8.94. The van der Waals surface area contributed by atoms with Gasteiger partial charge in [-0.2, -0.15) is 0 Å². The highest BCUT2D eigenvalue weighted by molar-refractivity contribution is 5.83. The zero-order valence-corrected chi connectivity index (χ0v) is 14.3. The van der Waals surface area contributed by atoms with Crippen molar-refractivity contribution >= 4 is 5.97 Å². The van der Waals surface area contributed by atoms with Gasteiger partial charge in [-0.3, -0.25) is 0 Å². The Labute approximate surface area is 145 Å². The van der Waals surface area contributed by atoms with E-state index in [0.29, 0.717) is 13.0 Å². The average molecular weight is 356 g/mol. The van der Waals surface area contributed by atoms with Crippen LogP contribution in [0.25, 0.3) is 0 Å². The molecule has 2 bridgehead atoms. The highest BCUT2D eigenvalue weighted by atomic mass is 16.8. The lowest BCUT2D eigenvalue weighted by Crippen LogP contribution is -2.62. The van der Waals surface area contributed by atoms with Crippen molar-refractivity contribution in [2.45, 2.75) is 63.2 Å². The SMILES string of the molecule is C[C@@H]1COC2CC3(C)C4(OC5O[C@H](O)[C@H](O)C53C[C@@H](O)COC4=O)C21. The highest BCUT2D eigenvalue weighted by Gasteiger charge is 2.86. The van der Waals surface area contributed by atoms with Gasteiger partial charge in [0.2, 0.25) is 0 Å². The van der Waals surface area contributed by atoms with E-state index in [1.165, 1.54) is 0 Å². The maximum Gasteiger partial charge on any atom is 0.339 e. The second-order valence-corrected chi connectivity index (χ2v) is 8.56. The van der Waals surface area contributed by atoms with Gasteiger partial charge in [-0.15, -0.1) is 0 Å². The summed E-state index contributed by atoms with van der Waals surface area (Å²) < 4.78 is 23.1. The predicted octanol–water partition coefficient (Wildman–Crippen LogP) is -0.854. The number of hydrogen-bond acceptors (Lipinski definition) is 8. The van der Waals surface area contributed by atoms with Crippen LogP contribution < -0.4 is 0 Å². The van der Waals surface area contributed by atoms with Gasteiger partial charge in [0.05, 0.1) is 17.6 Å². The van der Waals surface area contributed by atoms with Crippen molar-refractivity contribution in [3.63, 3.8) is 0 Å². The maximum atomic E-state index is 13.2. The van der Waals surface area contributed by atoms with Crippen LogP contribution in [-0.4, -0.2) is 71.0 Å². The highest BCUT2D eigenvalue weighted by Crippen LogP contribution is 2.75. The summed E-state index contributed by atoms with van der Waals surface area (Å²) >= 11 is 0. The normalized spacial score (nSPS) is 62.8. The Morgan fingerprint density at radius 1 is 1.16 bits per heavy atom. The van der Waals surface area contributed by atoms with Crippen molar-refractivity contribution < 1.29 is 39.1 Å². The van der Waals surface area contributed by atoms with E-state index in [0.717, 1.165) is 0 Å². The summed E-state index contributed by atoms with van der Waals surface area (Å²) in [6.45, 7) is 4.27. The number of fused-ring (bicyclic) bond motifs is 1. The molecule has 0 aromatic rings. The molecule has 5 rings (SSSR count). The summed E-state index contributed by atoms with van der Waals surface area (Å²) in [6.07, 6.45) is -4.21. The molecule has 1 saturated carbocycles. The zero-order valence-electron chi connectivity index (χ0n) is 14.3. The summed E-state index contributed by atoms with van der Waals surface area (Å²) in [5.74, 6) is -0.657. The monoisotopic (exact) mass is 356 g/mol. The number of rotatable bonds is 0. The van der Waals surface area contributed by atoms with Crippen LogP contribution in [0.4, 0.5) is 0 Å². The van der Waals surface area contributed by atoms with Gasteiger partial charge >= 0.3 is 5.97 Å². The minimum Gasteiger partial charge on any atom is -0.461 e. The molecular weight excluding hydrogens is 332 g/mol. The first kappa shape index (κ1) is 16.4. The fourth-order valence-corrected chi connectivity index (χ4v) is 6.55. The molecule has 140 valence electrons. The van der Waals surface area contributed by atoms with E-state index < -0.39 is 47.2 Å². The molecule has 25 heavy (non-hydrogen) atoms. The summed E-state index contributed by atoms with van der Waals surface area (Å²) in [4.78, 5) is 13.2. The molecule has 0 radical (unpaired) electrons. The summed E-state index contributed by atoms with van der Waals surface area (Å²) in [5, 5.41) is 31.4. The van der Waals surface area contributed by atoms with Crippen LogP contribution in [0, 0.1) is 22.7 Å². The number of esters is 1. The Morgan fingerprint density at radius 2 is 1.92 bits per heavy atom. The lowest BCUT2D eigenvalue weighted by atomic mass is 9.54. The number of carbonyl (C=O) groups excluding carboxylic acids is 1. The molecule has 4 aliphatic heterocycles. The summed E-state index contributed by atoms with van der Waals surface area (Å²) in [6, 6.07) is 0. The smallest absolute Gasteiger partial charge is 0.339 e. The van der Waals surface area contributed by atoms with Gasteiger partial charge in [-0.1, -0.05) is 13.8 Å². The van der Waals surface area contributed by atoms with Crippen LogP contribution in [-0.2, 0) is 23.7 Å². The maximum absolute atomic E-state index is 13.2. The van der Waals surface area contributed by atoms with Crippen LogP contribution in [0.15, 0.2) is 0 Å². The lowest BCUT2D eigenvalue weighted by Gasteiger charge is -2.49. The molecule has 10 atom stereocenters. The van der Waals surface area contributed by atoms with E-state index in [1.54, 1.807) is 0 Å². The molecule has 1 aliphatic carbocycles. The standard InChI is InChI=1S/C17H24O8/c1-7-5-22-9-4-15(2)16-3-8(18)6-23-13(21)17(15,10(7)9)25-14(16)24-12(20)11(16)19/h7-12,14,18-20H,3-6H2,1-2H3/t7-,8-,9?,10?,11+,12+,14?,15?,16?,17?/m1/s1. The molecule has 3 N–H and O–H groups in total. The van der Waals surface area contributed by atoms with Gasteiger partial charge in [-0.25, -0.2) is 4.79 Å². The van der Waals surface area contributed by atoms with E-state index >= 15 is 0 Å². The van der Waals surface area contributed by atoms with E-state index in [4.69, 9.17) is 18.9 Å². The summed E-state index contributed by atoms with van der Waals surface area (Å²) in [5.41, 5.74) is -3.29. The average Bonchev–Trinajstić information content (AvgIpc) is 3.17. The molecule has 4 heterocycles. The van der Waals surface area contributed by atoms with Crippen molar-refractivity contribution in [2.24, 2.45) is 22.7 Å². The quantitative estimate of drug-likeness (QED) is 0.481. The lowest BCUT2D eigenvalue weighted by molar-refractivity contribution is -0.244. The third-order valence-corrected chi connectivity index (χ3v) is 7.57. The number of hydrogen-bond donors (Lipinski definition) is 3. The van der Waals surface area contributed by atoms with Crippen LogP contribution in [0.3, 0.4) is 0 Å². The Morgan fingerprint density at radius 3 is 2.68 bits per heavy atom. The molecule has 0 amide bonds. The van der Waals surface area contributed by atoms with Crippen LogP contribution in [0.2, 0.25) is 0 Å². The van der Waals surface area contributed by atoms with Crippen molar-refractivity contribution in [3.05, 3.63) is 0 Å². The minimum atomic E-state index is -1.42. The van der Waals surface area contributed by atoms with Crippen molar-refractivity contribution in [2.75, 3.05) is 13.2 Å². The first-order valence-corrected chi connectivity index (χ1v) is 8.94. The van der Waals surface area contributed by atoms with Crippen LogP contribution in [0.5, 0.6) is 0 Å². The number of cyclic esters (lactones) is 1. The van der Waals surface area contributed by atoms with Gasteiger partial charge in [0.15, 0.2) is 18.2 Å². The molecule has 1 spiro atoms. The molecule has 0 aromatic heterocycles. The van der Waals surface area contributed by atoms with E-state index in [2.05, 4.69) is 0 Å². The van der Waals surface area contributed by atoms with E-state index in [9.17, 15) is 20.1 Å². The van der Waals surface area contributed by atoms with Crippen molar-refractivity contribution in [1.29, 1.82) is 0 Å². The first-order chi connectivity index (χ1) is 11.8. The molecule has 4 saturated heterocycles. The summed E-state index contributed by atoms with van der Waals surface area (Å²) in [7, 11) is 0. The topological polar surface area (TPSA) is 115 Å². The molecule has 0 aromatic carbocycles. The second-order valence-electron chi connectivity index (χ2n) is 8.56. The molecule has 5 fully saturated rings. The number of carbonyl (C=O) groups is 1. The number of ether oxygens (including phenoxy) is 4. The van der Waals surface area contributed by atoms with Gasteiger partial charge < -0.3 is 34.3 Å². The van der Waals surface area contributed by atoms with E-state index in [-0.39, 0.29) is 31.0 Å².